The van der Waals surface area contributed by atoms with Crippen molar-refractivity contribution in [2.45, 2.75) is 6.92 Å². The van der Waals surface area contributed by atoms with Crippen LogP contribution in [0.4, 0.5) is 0 Å². The van der Waals surface area contributed by atoms with Gasteiger partial charge < -0.3 is 0 Å². The molecule has 0 atom stereocenters. The SMILES string of the molecule is CC1=C/C=C\C(S(=O)(=O)Cl)=C/C=C1. The van der Waals surface area contributed by atoms with Gasteiger partial charge in [-0.2, -0.15) is 0 Å². The second-order valence-electron chi connectivity index (χ2n) is 2.64. The van der Waals surface area contributed by atoms with E-state index in [1.165, 1.54) is 12.2 Å². The second kappa shape index (κ2) is 3.94. The van der Waals surface area contributed by atoms with Crippen LogP contribution in [-0.2, 0) is 9.05 Å². The molecule has 0 heterocycles. The molecule has 1 aliphatic rings. The Bertz CT molecular complexity index is 411. The highest BCUT2D eigenvalue weighted by atomic mass is 35.7. The van der Waals surface area contributed by atoms with Crippen molar-refractivity contribution < 1.29 is 8.42 Å². The second-order valence-corrected chi connectivity index (χ2v) is 5.20. The van der Waals surface area contributed by atoms with E-state index >= 15 is 0 Å². The molecule has 1 rings (SSSR count). The lowest BCUT2D eigenvalue weighted by Gasteiger charge is -1.96. The summed E-state index contributed by atoms with van der Waals surface area (Å²) in [6.07, 6.45) is 9.87. The van der Waals surface area contributed by atoms with Crippen LogP contribution in [0.2, 0.25) is 0 Å². The molecule has 13 heavy (non-hydrogen) atoms. The largest absolute Gasteiger partial charge is 0.261 e. The summed E-state index contributed by atoms with van der Waals surface area (Å²) in [4.78, 5) is 0.106. The third-order valence-corrected chi connectivity index (χ3v) is 2.89. The zero-order valence-corrected chi connectivity index (χ0v) is 8.64. The predicted octanol–water partition coefficient (Wildman–Crippen LogP) is 2.51. The summed E-state index contributed by atoms with van der Waals surface area (Å²) in [6.45, 7) is 1.93. The normalized spacial score (nSPS) is 23.8. The molecule has 0 amide bonds. The fourth-order valence-electron chi connectivity index (χ4n) is 0.863. The zero-order chi connectivity index (χ0) is 9.90. The van der Waals surface area contributed by atoms with Crippen molar-refractivity contribution in [2.75, 3.05) is 0 Å². The first-order chi connectivity index (χ1) is 6.00. The van der Waals surface area contributed by atoms with Gasteiger partial charge in [0.1, 0.15) is 0 Å². The van der Waals surface area contributed by atoms with Crippen LogP contribution in [0.1, 0.15) is 6.92 Å². The van der Waals surface area contributed by atoms with Gasteiger partial charge in [0, 0.05) is 10.7 Å². The standard InChI is InChI=1S/C9H9ClO2S/c1-8-4-2-6-9(7-3-5-8)13(10,11)12/h2-7H,1H3/b4-2?,5-3?,6-2-,7-3?,8-4?,8-5?,9-6?,9-7+. The van der Waals surface area contributed by atoms with E-state index in [0.29, 0.717) is 0 Å². The van der Waals surface area contributed by atoms with Gasteiger partial charge >= 0.3 is 0 Å². The summed E-state index contributed by atoms with van der Waals surface area (Å²) in [6, 6.07) is 0. The summed E-state index contributed by atoms with van der Waals surface area (Å²) in [5.74, 6) is 0. The molecule has 0 bridgehead atoms. The average molecular weight is 217 g/mol. The molecule has 0 aromatic carbocycles. The van der Waals surface area contributed by atoms with Crippen LogP contribution in [0.5, 0.6) is 0 Å². The monoisotopic (exact) mass is 216 g/mol. The van der Waals surface area contributed by atoms with Gasteiger partial charge in [-0.05, 0) is 19.1 Å². The highest BCUT2D eigenvalue weighted by Crippen LogP contribution is 2.15. The van der Waals surface area contributed by atoms with E-state index in [1.54, 1.807) is 12.2 Å². The molecule has 2 nitrogen and oxygen atoms in total. The molecule has 0 aliphatic heterocycles. The van der Waals surface area contributed by atoms with Crippen LogP contribution < -0.4 is 0 Å². The molecule has 0 aromatic rings. The van der Waals surface area contributed by atoms with Crippen molar-refractivity contribution in [1.29, 1.82) is 0 Å². The molecule has 4 heteroatoms. The number of hydrogen-bond donors (Lipinski definition) is 0. The van der Waals surface area contributed by atoms with Gasteiger partial charge in [0.25, 0.3) is 9.05 Å². The predicted molar refractivity (Wildman–Crippen MR) is 54.9 cm³/mol. The van der Waals surface area contributed by atoms with E-state index in [-0.39, 0.29) is 4.91 Å². The maximum Gasteiger partial charge on any atom is 0.261 e. The first-order valence-corrected chi connectivity index (χ1v) is 5.99. The van der Waals surface area contributed by atoms with Crippen LogP contribution in [0.15, 0.2) is 46.9 Å². The Hall–Kier alpha value is -0.800. The number of rotatable bonds is 1. The average Bonchev–Trinajstić information content (AvgIpc) is 1.93. The van der Waals surface area contributed by atoms with Gasteiger partial charge in [-0.15, -0.1) is 0 Å². The van der Waals surface area contributed by atoms with Crippen molar-refractivity contribution in [3.63, 3.8) is 0 Å². The highest BCUT2D eigenvalue weighted by molar-refractivity contribution is 8.17. The molecule has 70 valence electrons. The summed E-state index contributed by atoms with van der Waals surface area (Å²) in [7, 11) is 1.56. The topological polar surface area (TPSA) is 34.1 Å². The Morgan fingerprint density at radius 2 is 1.77 bits per heavy atom. The first kappa shape index (κ1) is 10.3. The van der Waals surface area contributed by atoms with Crippen LogP contribution in [0.25, 0.3) is 0 Å². The number of hydrogen-bond acceptors (Lipinski definition) is 2. The Morgan fingerprint density at radius 1 is 1.15 bits per heavy atom. The minimum Gasteiger partial charge on any atom is -0.207 e. The maximum absolute atomic E-state index is 10.9. The zero-order valence-electron chi connectivity index (χ0n) is 7.07. The summed E-state index contributed by atoms with van der Waals surface area (Å²) in [5, 5.41) is 0. The molecule has 0 spiro atoms. The summed E-state index contributed by atoms with van der Waals surface area (Å²) >= 11 is 0. The van der Waals surface area contributed by atoms with Gasteiger partial charge in [-0.1, -0.05) is 29.9 Å². The third-order valence-electron chi connectivity index (χ3n) is 1.52. The number of allylic oxidation sites excluding steroid dienone is 7. The van der Waals surface area contributed by atoms with Crippen molar-refractivity contribution in [1.82, 2.24) is 0 Å². The Labute approximate surface area is 82.3 Å². The van der Waals surface area contributed by atoms with Gasteiger partial charge in [0.05, 0.1) is 4.91 Å². The lowest BCUT2D eigenvalue weighted by molar-refractivity contribution is 0.615. The van der Waals surface area contributed by atoms with Crippen molar-refractivity contribution in [2.24, 2.45) is 0 Å². The van der Waals surface area contributed by atoms with Crippen molar-refractivity contribution in [3.8, 4) is 0 Å². The highest BCUT2D eigenvalue weighted by Gasteiger charge is 2.09. The van der Waals surface area contributed by atoms with E-state index in [4.69, 9.17) is 10.7 Å². The van der Waals surface area contributed by atoms with Crippen molar-refractivity contribution >= 4 is 19.7 Å². The quantitative estimate of drug-likeness (QED) is 0.632. The minimum atomic E-state index is -3.62. The summed E-state index contributed by atoms with van der Waals surface area (Å²) < 4.78 is 21.8. The van der Waals surface area contributed by atoms with Gasteiger partial charge in [0.15, 0.2) is 0 Å². The Morgan fingerprint density at radius 3 is 2.38 bits per heavy atom. The van der Waals surface area contributed by atoms with Gasteiger partial charge in [0.2, 0.25) is 0 Å². The van der Waals surface area contributed by atoms with Crippen LogP contribution in [0.3, 0.4) is 0 Å². The van der Waals surface area contributed by atoms with E-state index in [2.05, 4.69) is 0 Å². The smallest absolute Gasteiger partial charge is 0.207 e. The molecule has 1 aliphatic carbocycles. The molecule has 0 N–H and O–H groups in total. The van der Waals surface area contributed by atoms with Gasteiger partial charge in [-0.3, -0.25) is 0 Å². The molecule has 0 saturated carbocycles. The van der Waals surface area contributed by atoms with Crippen LogP contribution in [0, 0.1) is 0 Å². The maximum atomic E-state index is 10.9. The van der Waals surface area contributed by atoms with Crippen LogP contribution >= 0.6 is 10.7 Å². The fourth-order valence-corrected chi connectivity index (χ4v) is 1.65. The third kappa shape index (κ3) is 3.20. The fraction of sp³-hybridized carbons (Fsp3) is 0.111. The minimum absolute atomic E-state index is 0.106. The lowest BCUT2D eigenvalue weighted by atomic mass is 10.2. The van der Waals surface area contributed by atoms with Crippen molar-refractivity contribution in [3.05, 3.63) is 46.9 Å². The molecular formula is C9H9ClO2S. The van der Waals surface area contributed by atoms with E-state index in [9.17, 15) is 8.42 Å². The molecule has 0 saturated heterocycles. The molecule has 0 radical (unpaired) electrons. The molecule has 0 fully saturated rings. The molecular weight excluding hydrogens is 208 g/mol. The van der Waals surface area contributed by atoms with E-state index in [1.807, 2.05) is 19.1 Å². The molecule has 0 unspecified atom stereocenters. The Kier molecular flexibility index (Phi) is 3.12. The van der Waals surface area contributed by atoms with Crippen LogP contribution in [-0.4, -0.2) is 8.42 Å². The first-order valence-electron chi connectivity index (χ1n) is 3.68. The van der Waals surface area contributed by atoms with E-state index < -0.39 is 9.05 Å². The lowest BCUT2D eigenvalue weighted by Crippen LogP contribution is -1.91. The molecule has 0 aromatic heterocycles. The Balaban J connectivity index is 3.07. The number of halogens is 1. The van der Waals surface area contributed by atoms with E-state index in [0.717, 1.165) is 5.57 Å². The summed E-state index contributed by atoms with van der Waals surface area (Å²) in [5.41, 5.74) is 1.05. The van der Waals surface area contributed by atoms with Gasteiger partial charge in [-0.25, -0.2) is 8.42 Å².